The van der Waals surface area contributed by atoms with Gasteiger partial charge >= 0.3 is 0 Å². The average molecular weight is 265 g/mol. The minimum atomic E-state index is -0.150. The molecule has 18 heavy (non-hydrogen) atoms. The smallest absolute Gasteiger partial charge is 0.243 e. The number of benzene rings is 1. The maximum atomic E-state index is 11.7. The standard InChI is InChI=1S/C12H13ClN4O/c1-17-6-5-11(16-17)14-8-12(18)15-10-4-2-3-9(13)7-10/h2-7H,8H2,1H3,(H,14,16)(H,15,18). The summed E-state index contributed by atoms with van der Waals surface area (Å²) in [5, 5.41) is 10.4. The number of amides is 1. The molecule has 0 fully saturated rings. The van der Waals surface area contributed by atoms with Crippen molar-refractivity contribution < 1.29 is 4.79 Å². The second kappa shape index (κ2) is 5.55. The summed E-state index contributed by atoms with van der Waals surface area (Å²) in [7, 11) is 1.82. The van der Waals surface area contributed by atoms with E-state index in [1.54, 1.807) is 41.2 Å². The second-order valence-electron chi connectivity index (χ2n) is 3.79. The number of hydrogen-bond donors (Lipinski definition) is 2. The summed E-state index contributed by atoms with van der Waals surface area (Å²) in [6.07, 6.45) is 1.80. The van der Waals surface area contributed by atoms with Gasteiger partial charge in [-0.15, -0.1) is 0 Å². The number of carbonyl (C=O) groups is 1. The number of halogens is 1. The van der Waals surface area contributed by atoms with Gasteiger partial charge in [0.15, 0.2) is 0 Å². The highest BCUT2D eigenvalue weighted by atomic mass is 35.5. The Morgan fingerprint density at radius 2 is 2.28 bits per heavy atom. The van der Waals surface area contributed by atoms with Gasteiger partial charge in [-0.1, -0.05) is 17.7 Å². The van der Waals surface area contributed by atoms with Gasteiger partial charge in [-0.3, -0.25) is 9.48 Å². The Bertz CT molecular complexity index is 553. The molecule has 1 amide bonds. The van der Waals surface area contributed by atoms with Crippen LogP contribution in [-0.4, -0.2) is 22.2 Å². The van der Waals surface area contributed by atoms with Crippen molar-refractivity contribution in [1.29, 1.82) is 0 Å². The van der Waals surface area contributed by atoms with Gasteiger partial charge in [-0.2, -0.15) is 5.10 Å². The molecular weight excluding hydrogens is 252 g/mol. The highest BCUT2D eigenvalue weighted by molar-refractivity contribution is 6.30. The zero-order valence-electron chi connectivity index (χ0n) is 9.85. The molecule has 0 saturated carbocycles. The van der Waals surface area contributed by atoms with Gasteiger partial charge < -0.3 is 10.6 Å². The van der Waals surface area contributed by atoms with Crippen LogP contribution in [0.3, 0.4) is 0 Å². The maximum Gasteiger partial charge on any atom is 0.243 e. The van der Waals surface area contributed by atoms with E-state index in [-0.39, 0.29) is 12.5 Å². The molecule has 0 aliphatic carbocycles. The van der Waals surface area contributed by atoms with Crippen molar-refractivity contribution in [1.82, 2.24) is 9.78 Å². The zero-order chi connectivity index (χ0) is 13.0. The molecule has 5 nitrogen and oxygen atoms in total. The Balaban J connectivity index is 1.85. The second-order valence-corrected chi connectivity index (χ2v) is 4.22. The van der Waals surface area contributed by atoms with E-state index in [9.17, 15) is 4.79 Å². The van der Waals surface area contributed by atoms with Crippen molar-refractivity contribution in [3.05, 3.63) is 41.6 Å². The molecule has 2 rings (SSSR count). The highest BCUT2D eigenvalue weighted by Crippen LogP contribution is 2.14. The maximum absolute atomic E-state index is 11.7. The first-order valence-electron chi connectivity index (χ1n) is 5.42. The summed E-state index contributed by atoms with van der Waals surface area (Å²) in [6.45, 7) is 0.156. The molecular formula is C12H13ClN4O. The van der Waals surface area contributed by atoms with E-state index >= 15 is 0 Å². The van der Waals surface area contributed by atoms with Crippen molar-refractivity contribution in [2.45, 2.75) is 0 Å². The summed E-state index contributed by atoms with van der Waals surface area (Å²) in [6, 6.07) is 8.81. The van der Waals surface area contributed by atoms with Crippen LogP contribution in [0.2, 0.25) is 5.02 Å². The van der Waals surface area contributed by atoms with Crippen LogP contribution in [0.25, 0.3) is 0 Å². The summed E-state index contributed by atoms with van der Waals surface area (Å²) < 4.78 is 1.66. The fourth-order valence-electron chi connectivity index (χ4n) is 1.45. The van der Waals surface area contributed by atoms with E-state index in [0.717, 1.165) is 0 Å². The molecule has 0 radical (unpaired) electrons. The molecule has 1 aromatic carbocycles. The Morgan fingerprint density at radius 3 is 2.94 bits per heavy atom. The van der Waals surface area contributed by atoms with Crippen LogP contribution < -0.4 is 10.6 Å². The molecule has 0 saturated heterocycles. The van der Waals surface area contributed by atoms with E-state index in [1.807, 2.05) is 7.05 Å². The summed E-state index contributed by atoms with van der Waals surface area (Å²) in [4.78, 5) is 11.7. The number of aromatic nitrogens is 2. The van der Waals surface area contributed by atoms with Crippen molar-refractivity contribution in [3.8, 4) is 0 Å². The summed E-state index contributed by atoms with van der Waals surface area (Å²) in [5.74, 6) is 0.515. The molecule has 0 unspecified atom stereocenters. The van der Waals surface area contributed by atoms with E-state index in [2.05, 4.69) is 15.7 Å². The number of rotatable bonds is 4. The van der Waals surface area contributed by atoms with Gasteiger partial charge in [-0.25, -0.2) is 0 Å². The van der Waals surface area contributed by atoms with Gasteiger partial charge in [-0.05, 0) is 18.2 Å². The fourth-order valence-corrected chi connectivity index (χ4v) is 1.64. The van der Waals surface area contributed by atoms with Crippen molar-refractivity contribution in [2.75, 3.05) is 17.2 Å². The third kappa shape index (κ3) is 3.49. The first-order chi connectivity index (χ1) is 8.63. The van der Waals surface area contributed by atoms with Crippen molar-refractivity contribution >= 4 is 29.0 Å². The molecule has 2 N–H and O–H groups in total. The lowest BCUT2D eigenvalue weighted by Crippen LogP contribution is -2.21. The first-order valence-corrected chi connectivity index (χ1v) is 5.80. The van der Waals surface area contributed by atoms with Gasteiger partial charge in [0, 0.05) is 30.0 Å². The van der Waals surface area contributed by atoms with E-state index < -0.39 is 0 Å². The van der Waals surface area contributed by atoms with E-state index in [1.165, 1.54) is 0 Å². The minimum Gasteiger partial charge on any atom is -0.360 e. The van der Waals surface area contributed by atoms with Crippen LogP contribution in [0.4, 0.5) is 11.5 Å². The molecule has 2 aromatic rings. The zero-order valence-corrected chi connectivity index (χ0v) is 10.6. The van der Waals surface area contributed by atoms with Crippen LogP contribution in [0.5, 0.6) is 0 Å². The minimum absolute atomic E-state index is 0.150. The Labute approximate surface area is 110 Å². The average Bonchev–Trinajstić information content (AvgIpc) is 2.73. The van der Waals surface area contributed by atoms with Gasteiger partial charge in [0.1, 0.15) is 5.82 Å². The first kappa shape index (κ1) is 12.4. The SMILES string of the molecule is Cn1ccc(NCC(=O)Nc2cccc(Cl)c2)n1. The quantitative estimate of drug-likeness (QED) is 0.889. The number of nitrogens with one attached hydrogen (secondary N) is 2. The molecule has 0 aliphatic heterocycles. The van der Waals surface area contributed by atoms with Crippen molar-refractivity contribution in [2.24, 2.45) is 7.05 Å². The highest BCUT2D eigenvalue weighted by Gasteiger charge is 2.03. The van der Waals surface area contributed by atoms with Crippen LogP contribution in [0.1, 0.15) is 0 Å². The summed E-state index contributed by atoms with van der Waals surface area (Å²) in [5.41, 5.74) is 0.676. The predicted molar refractivity (Wildman–Crippen MR) is 71.8 cm³/mol. The molecule has 0 aliphatic rings. The molecule has 0 atom stereocenters. The van der Waals surface area contributed by atoms with E-state index in [0.29, 0.717) is 16.5 Å². The number of nitrogens with zero attached hydrogens (tertiary/aromatic N) is 2. The van der Waals surface area contributed by atoms with E-state index in [4.69, 9.17) is 11.6 Å². The molecule has 94 valence electrons. The van der Waals surface area contributed by atoms with Gasteiger partial charge in [0.2, 0.25) is 5.91 Å². The Kier molecular flexibility index (Phi) is 3.84. The number of aryl methyl sites for hydroxylation is 1. The third-order valence-electron chi connectivity index (χ3n) is 2.25. The predicted octanol–water partition coefficient (Wildman–Crippen LogP) is 2.12. The van der Waals surface area contributed by atoms with Crippen LogP contribution in [0, 0.1) is 0 Å². The van der Waals surface area contributed by atoms with Crippen LogP contribution >= 0.6 is 11.6 Å². The molecule has 0 bridgehead atoms. The lowest BCUT2D eigenvalue weighted by molar-refractivity contribution is -0.114. The largest absolute Gasteiger partial charge is 0.360 e. The molecule has 0 spiro atoms. The Morgan fingerprint density at radius 1 is 1.44 bits per heavy atom. The van der Waals surface area contributed by atoms with Gasteiger partial charge in [0.05, 0.1) is 6.54 Å². The fraction of sp³-hybridized carbons (Fsp3) is 0.167. The van der Waals surface area contributed by atoms with Crippen molar-refractivity contribution in [3.63, 3.8) is 0 Å². The summed E-state index contributed by atoms with van der Waals surface area (Å²) >= 11 is 5.82. The normalized spacial score (nSPS) is 10.1. The van der Waals surface area contributed by atoms with Gasteiger partial charge in [0.25, 0.3) is 0 Å². The molecule has 6 heteroatoms. The number of hydrogen-bond acceptors (Lipinski definition) is 3. The van der Waals surface area contributed by atoms with Crippen LogP contribution in [0.15, 0.2) is 36.5 Å². The molecule has 1 aromatic heterocycles. The number of carbonyl (C=O) groups excluding carboxylic acids is 1. The monoisotopic (exact) mass is 264 g/mol. The lowest BCUT2D eigenvalue weighted by atomic mass is 10.3. The number of anilines is 2. The topological polar surface area (TPSA) is 59.0 Å². The molecule has 1 heterocycles. The third-order valence-corrected chi connectivity index (χ3v) is 2.49. The lowest BCUT2D eigenvalue weighted by Gasteiger charge is -2.06. The van der Waals surface area contributed by atoms with Crippen LogP contribution in [-0.2, 0) is 11.8 Å². The Hall–Kier alpha value is -2.01.